The molecule has 0 saturated heterocycles. The minimum absolute atomic E-state index is 0.343. The summed E-state index contributed by atoms with van der Waals surface area (Å²) in [6, 6.07) is 7.13. The predicted octanol–water partition coefficient (Wildman–Crippen LogP) is 4.11. The summed E-state index contributed by atoms with van der Waals surface area (Å²) in [7, 11) is 1.61. The molecule has 0 saturated carbocycles. The van der Waals surface area contributed by atoms with Crippen molar-refractivity contribution in [1.29, 1.82) is 0 Å². The summed E-state index contributed by atoms with van der Waals surface area (Å²) in [6.45, 7) is 3.12. The lowest BCUT2D eigenvalue weighted by atomic mass is 10.3. The number of nitrogens with zero attached hydrogens (tertiary/aromatic N) is 2. The van der Waals surface area contributed by atoms with Crippen LogP contribution in [0.2, 0.25) is 10.0 Å². The molecule has 112 valence electrons. The molecule has 5 nitrogen and oxygen atoms in total. The molecule has 7 heteroatoms. The number of rotatable bonds is 6. The van der Waals surface area contributed by atoms with E-state index in [0.717, 1.165) is 18.1 Å². The van der Waals surface area contributed by atoms with Crippen LogP contribution in [0.25, 0.3) is 0 Å². The summed E-state index contributed by atoms with van der Waals surface area (Å²) in [6.07, 6.45) is 0. The largest absolute Gasteiger partial charge is 0.377 e. The Morgan fingerprint density at radius 2 is 1.86 bits per heavy atom. The molecule has 21 heavy (non-hydrogen) atoms. The Morgan fingerprint density at radius 3 is 2.52 bits per heavy atom. The lowest BCUT2D eigenvalue weighted by Gasteiger charge is -2.11. The van der Waals surface area contributed by atoms with E-state index in [1.807, 2.05) is 19.1 Å². The van der Waals surface area contributed by atoms with Crippen molar-refractivity contribution in [3.05, 3.63) is 40.1 Å². The van der Waals surface area contributed by atoms with Gasteiger partial charge in [0.25, 0.3) is 0 Å². The van der Waals surface area contributed by atoms with Gasteiger partial charge in [-0.05, 0) is 25.1 Å². The number of ether oxygens (including phenoxy) is 1. The van der Waals surface area contributed by atoms with Gasteiger partial charge in [-0.3, -0.25) is 0 Å². The second kappa shape index (κ2) is 7.45. The third-order valence-electron chi connectivity index (χ3n) is 2.60. The number of nitrogens with one attached hydrogen (secondary N) is 2. The molecule has 0 aliphatic carbocycles. The summed E-state index contributed by atoms with van der Waals surface area (Å²) in [5.41, 5.74) is 0.800. The molecule has 2 aromatic rings. The predicted molar refractivity (Wildman–Crippen MR) is 86.7 cm³/mol. The Balaban J connectivity index is 2.26. The normalized spacial score (nSPS) is 10.5. The van der Waals surface area contributed by atoms with Crippen LogP contribution in [0, 0.1) is 0 Å². The highest BCUT2D eigenvalue weighted by Crippen LogP contribution is 2.27. The molecule has 0 spiro atoms. The minimum atomic E-state index is 0.343. The van der Waals surface area contributed by atoms with Gasteiger partial charge < -0.3 is 15.4 Å². The first kappa shape index (κ1) is 15.8. The lowest BCUT2D eigenvalue weighted by molar-refractivity contribution is 0.178. The number of benzene rings is 1. The molecular formula is C14H16Cl2N4O. The zero-order valence-corrected chi connectivity index (χ0v) is 13.3. The first-order valence-corrected chi connectivity index (χ1v) is 7.20. The number of anilines is 3. The highest BCUT2D eigenvalue weighted by molar-refractivity contribution is 6.42. The second-order valence-electron chi connectivity index (χ2n) is 4.27. The Hall–Kier alpha value is -1.56. The van der Waals surface area contributed by atoms with E-state index in [0.29, 0.717) is 28.3 Å². The van der Waals surface area contributed by atoms with Gasteiger partial charge in [-0.2, -0.15) is 0 Å². The van der Waals surface area contributed by atoms with Gasteiger partial charge in [-0.1, -0.05) is 23.2 Å². The van der Waals surface area contributed by atoms with Gasteiger partial charge in [0.15, 0.2) is 5.82 Å². The number of hydrogen-bond donors (Lipinski definition) is 2. The molecule has 1 aromatic carbocycles. The van der Waals surface area contributed by atoms with Gasteiger partial charge >= 0.3 is 0 Å². The van der Waals surface area contributed by atoms with Crippen LogP contribution in [-0.4, -0.2) is 23.6 Å². The van der Waals surface area contributed by atoms with Crippen LogP contribution in [0.3, 0.4) is 0 Å². The number of halogens is 2. The van der Waals surface area contributed by atoms with E-state index in [1.165, 1.54) is 0 Å². The van der Waals surface area contributed by atoms with Crippen molar-refractivity contribution in [1.82, 2.24) is 9.97 Å². The Labute approximate surface area is 133 Å². The van der Waals surface area contributed by atoms with Gasteiger partial charge in [-0.25, -0.2) is 9.97 Å². The van der Waals surface area contributed by atoms with Crippen molar-refractivity contribution in [3.63, 3.8) is 0 Å². The fourth-order valence-electron chi connectivity index (χ4n) is 1.75. The Bertz CT molecular complexity index is 598. The molecule has 2 rings (SSSR count). The zero-order chi connectivity index (χ0) is 15.2. The first-order valence-electron chi connectivity index (χ1n) is 6.45. The topological polar surface area (TPSA) is 59.1 Å². The van der Waals surface area contributed by atoms with Crippen molar-refractivity contribution < 1.29 is 4.74 Å². The third-order valence-corrected chi connectivity index (χ3v) is 3.33. The average molecular weight is 327 g/mol. The molecule has 0 fully saturated rings. The highest BCUT2D eigenvalue weighted by Gasteiger charge is 2.06. The van der Waals surface area contributed by atoms with Crippen LogP contribution in [-0.2, 0) is 11.3 Å². The van der Waals surface area contributed by atoms with Crippen molar-refractivity contribution >= 4 is 40.5 Å². The lowest BCUT2D eigenvalue weighted by Crippen LogP contribution is -2.06. The van der Waals surface area contributed by atoms with Crippen LogP contribution in [0.1, 0.15) is 12.7 Å². The Kier molecular flexibility index (Phi) is 5.61. The van der Waals surface area contributed by atoms with Crippen LogP contribution in [0.4, 0.5) is 17.3 Å². The fourth-order valence-corrected chi connectivity index (χ4v) is 2.05. The fraction of sp³-hybridized carbons (Fsp3) is 0.286. The maximum absolute atomic E-state index is 6.01. The van der Waals surface area contributed by atoms with Crippen LogP contribution in [0.5, 0.6) is 0 Å². The molecule has 1 aromatic heterocycles. The summed E-state index contributed by atoms with van der Waals surface area (Å²) in [4.78, 5) is 8.74. The van der Waals surface area contributed by atoms with Gasteiger partial charge in [-0.15, -0.1) is 0 Å². The second-order valence-corrected chi connectivity index (χ2v) is 5.09. The van der Waals surface area contributed by atoms with E-state index in [2.05, 4.69) is 20.6 Å². The molecule has 0 amide bonds. The summed E-state index contributed by atoms with van der Waals surface area (Å²) in [5.74, 6) is 1.99. The molecule has 2 N–H and O–H groups in total. The number of hydrogen-bond acceptors (Lipinski definition) is 5. The standard InChI is InChI=1S/C14H16Cl2N4O/c1-3-17-12-7-13(20-14(19-12)8-21-2)18-9-4-5-10(15)11(16)6-9/h4-7H,3,8H2,1-2H3,(H2,17,18,19,20). The maximum atomic E-state index is 6.01. The quantitative estimate of drug-likeness (QED) is 0.836. The van der Waals surface area contributed by atoms with Crippen molar-refractivity contribution in [2.75, 3.05) is 24.3 Å². The first-order chi connectivity index (χ1) is 10.1. The van der Waals surface area contributed by atoms with E-state index in [9.17, 15) is 0 Å². The molecule has 0 radical (unpaired) electrons. The molecule has 0 atom stereocenters. The smallest absolute Gasteiger partial charge is 0.158 e. The van der Waals surface area contributed by atoms with Gasteiger partial charge in [0.1, 0.15) is 18.2 Å². The molecule has 0 bridgehead atoms. The summed E-state index contributed by atoms with van der Waals surface area (Å²) in [5, 5.41) is 7.34. The molecule has 0 aliphatic heterocycles. The SMILES string of the molecule is CCNc1cc(Nc2ccc(Cl)c(Cl)c2)nc(COC)n1. The van der Waals surface area contributed by atoms with Crippen LogP contribution >= 0.6 is 23.2 Å². The third kappa shape index (κ3) is 4.46. The highest BCUT2D eigenvalue weighted by atomic mass is 35.5. The van der Waals surface area contributed by atoms with E-state index in [1.54, 1.807) is 19.2 Å². The summed E-state index contributed by atoms with van der Waals surface area (Å²) < 4.78 is 5.08. The maximum Gasteiger partial charge on any atom is 0.158 e. The molecular weight excluding hydrogens is 311 g/mol. The molecule has 1 heterocycles. The van der Waals surface area contributed by atoms with Gasteiger partial charge in [0.05, 0.1) is 10.0 Å². The van der Waals surface area contributed by atoms with E-state index in [4.69, 9.17) is 27.9 Å². The van der Waals surface area contributed by atoms with Gasteiger partial charge in [0.2, 0.25) is 0 Å². The monoisotopic (exact) mass is 326 g/mol. The van der Waals surface area contributed by atoms with Crippen LogP contribution < -0.4 is 10.6 Å². The summed E-state index contributed by atoms with van der Waals surface area (Å²) >= 11 is 11.9. The Morgan fingerprint density at radius 1 is 1.10 bits per heavy atom. The van der Waals surface area contributed by atoms with Crippen molar-refractivity contribution in [3.8, 4) is 0 Å². The minimum Gasteiger partial charge on any atom is -0.377 e. The van der Waals surface area contributed by atoms with E-state index >= 15 is 0 Å². The molecule has 0 aliphatic rings. The van der Waals surface area contributed by atoms with Crippen molar-refractivity contribution in [2.45, 2.75) is 13.5 Å². The number of aromatic nitrogens is 2. The average Bonchev–Trinajstić information content (AvgIpc) is 2.43. The zero-order valence-electron chi connectivity index (χ0n) is 11.8. The molecule has 0 unspecified atom stereocenters. The van der Waals surface area contributed by atoms with Crippen molar-refractivity contribution in [2.24, 2.45) is 0 Å². The van der Waals surface area contributed by atoms with E-state index in [-0.39, 0.29) is 0 Å². The van der Waals surface area contributed by atoms with E-state index < -0.39 is 0 Å². The van der Waals surface area contributed by atoms with Crippen LogP contribution in [0.15, 0.2) is 24.3 Å². The van der Waals surface area contributed by atoms with Gasteiger partial charge in [0, 0.05) is 25.4 Å². The number of methoxy groups -OCH3 is 1.